The number of primary amides is 1. The average Bonchev–Trinajstić information content (AvgIpc) is 3.02. The topological polar surface area (TPSA) is 94.9 Å². The van der Waals surface area contributed by atoms with Crippen LogP contribution in [0, 0.1) is 13.8 Å². The molecule has 0 radical (unpaired) electrons. The predicted molar refractivity (Wildman–Crippen MR) is 81.0 cm³/mol. The molecule has 0 spiro atoms. The number of hydrogen-bond acceptors (Lipinski definition) is 5. The summed E-state index contributed by atoms with van der Waals surface area (Å²) < 4.78 is 5.32. The summed E-state index contributed by atoms with van der Waals surface area (Å²) in [5, 5.41) is 0. The van der Waals surface area contributed by atoms with Gasteiger partial charge in [0.1, 0.15) is 12.0 Å². The van der Waals surface area contributed by atoms with Crippen LogP contribution in [0.2, 0.25) is 0 Å². The Bertz CT molecular complexity index is 827. The summed E-state index contributed by atoms with van der Waals surface area (Å²) in [6.07, 6.45) is 4.66. The lowest BCUT2D eigenvalue weighted by Crippen LogP contribution is -2.17. The Hall–Kier alpha value is -3.02. The van der Waals surface area contributed by atoms with Gasteiger partial charge in [0.25, 0.3) is 0 Å². The van der Waals surface area contributed by atoms with E-state index in [1.807, 2.05) is 25.1 Å². The minimum Gasteiger partial charge on any atom is -0.443 e. The zero-order valence-corrected chi connectivity index (χ0v) is 12.2. The van der Waals surface area contributed by atoms with Crippen LogP contribution < -0.4 is 5.73 Å². The SMILES string of the molecule is Cc1c(-c2ccccn2)nc(-c2ncco2)c(C)c1C(N)=O. The molecular weight excluding hydrogens is 280 g/mol. The smallest absolute Gasteiger partial charge is 0.249 e. The van der Waals surface area contributed by atoms with Gasteiger partial charge in [-0.3, -0.25) is 9.78 Å². The van der Waals surface area contributed by atoms with Gasteiger partial charge >= 0.3 is 0 Å². The fourth-order valence-corrected chi connectivity index (χ4v) is 2.47. The van der Waals surface area contributed by atoms with Crippen LogP contribution >= 0.6 is 0 Å². The minimum absolute atomic E-state index is 0.345. The molecule has 3 aromatic heterocycles. The second-order valence-electron chi connectivity index (χ2n) is 4.85. The molecule has 3 heterocycles. The first kappa shape index (κ1) is 13.9. The molecule has 0 unspecified atom stereocenters. The quantitative estimate of drug-likeness (QED) is 0.800. The molecule has 110 valence electrons. The van der Waals surface area contributed by atoms with E-state index in [4.69, 9.17) is 10.2 Å². The number of nitrogens with zero attached hydrogens (tertiary/aromatic N) is 3. The normalized spacial score (nSPS) is 10.6. The van der Waals surface area contributed by atoms with Gasteiger partial charge in [0, 0.05) is 11.8 Å². The summed E-state index contributed by atoms with van der Waals surface area (Å²) in [5.74, 6) is -0.167. The zero-order valence-electron chi connectivity index (χ0n) is 12.2. The number of hydrogen-bond donors (Lipinski definition) is 1. The molecule has 6 nitrogen and oxygen atoms in total. The van der Waals surface area contributed by atoms with E-state index in [0.29, 0.717) is 39.7 Å². The van der Waals surface area contributed by atoms with Crippen molar-refractivity contribution in [2.75, 3.05) is 0 Å². The monoisotopic (exact) mass is 294 g/mol. The van der Waals surface area contributed by atoms with E-state index in [1.54, 1.807) is 13.1 Å². The Kier molecular flexibility index (Phi) is 3.42. The number of rotatable bonds is 3. The first-order valence-electron chi connectivity index (χ1n) is 6.72. The van der Waals surface area contributed by atoms with Crippen LogP contribution in [0.25, 0.3) is 23.0 Å². The first-order valence-corrected chi connectivity index (χ1v) is 6.72. The lowest BCUT2D eigenvalue weighted by Gasteiger charge is -2.13. The van der Waals surface area contributed by atoms with Gasteiger partial charge < -0.3 is 10.2 Å². The van der Waals surface area contributed by atoms with Crippen LogP contribution in [0.1, 0.15) is 21.5 Å². The molecule has 0 atom stereocenters. The highest BCUT2D eigenvalue weighted by molar-refractivity contribution is 5.98. The van der Waals surface area contributed by atoms with Crippen molar-refractivity contribution in [2.24, 2.45) is 5.73 Å². The Morgan fingerprint density at radius 1 is 1.09 bits per heavy atom. The van der Waals surface area contributed by atoms with E-state index < -0.39 is 5.91 Å². The Morgan fingerprint density at radius 2 is 1.86 bits per heavy atom. The Labute approximate surface area is 127 Å². The molecule has 0 saturated heterocycles. The van der Waals surface area contributed by atoms with Gasteiger partial charge in [0.2, 0.25) is 11.8 Å². The third-order valence-corrected chi connectivity index (χ3v) is 3.47. The second-order valence-corrected chi connectivity index (χ2v) is 4.85. The summed E-state index contributed by atoms with van der Waals surface area (Å²) in [6.45, 7) is 3.59. The van der Waals surface area contributed by atoms with E-state index in [1.165, 1.54) is 12.5 Å². The summed E-state index contributed by atoms with van der Waals surface area (Å²) in [5.41, 5.74) is 9.05. The van der Waals surface area contributed by atoms with Crippen LogP contribution in [0.3, 0.4) is 0 Å². The summed E-state index contributed by atoms with van der Waals surface area (Å²) >= 11 is 0. The third-order valence-electron chi connectivity index (χ3n) is 3.47. The van der Waals surface area contributed by atoms with Crippen molar-refractivity contribution < 1.29 is 9.21 Å². The van der Waals surface area contributed by atoms with Gasteiger partial charge in [-0.2, -0.15) is 0 Å². The molecule has 0 aromatic carbocycles. The standard InChI is InChI=1S/C16H14N4O2/c1-9-12(15(17)21)10(2)14(16-19-7-8-22-16)20-13(9)11-5-3-4-6-18-11/h3-8H,1-2H3,(H2,17,21). The molecule has 3 aromatic rings. The number of nitrogens with two attached hydrogens (primary N) is 1. The molecule has 0 fully saturated rings. The Balaban J connectivity index is 2.34. The number of carbonyl (C=O) groups excluding carboxylic acids is 1. The maximum Gasteiger partial charge on any atom is 0.249 e. The molecule has 2 N–H and O–H groups in total. The number of amides is 1. The molecule has 0 aliphatic heterocycles. The van der Waals surface area contributed by atoms with Gasteiger partial charge in [0.05, 0.1) is 17.6 Å². The van der Waals surface area contributed by atoms with E-state index >= 15 is 0 Å². The molecule has 3 rings (SSSR count). The van der Waals surface area contributed by atoms with Crippen molar-refractivity contribution in [3.63, 3.8) is 0 Å². The van der Waals surface area contributed by atoms with Crippen molar-refractivity contribution in [3.8, 4) is 23.0 Å². The van der Waals surface area contributed by atoms with Crippen molar-refractivity contribution >= 4 is 5.91 Å². The first-order chi connectivity index (χ1) is 10.6. The van der Waals surface area contributed by atoms with E-state index in [0.717, 1.165) is 0 Å². The van der Waals surface area contributed by atoms with E-state index in [9.17, 15) is 4.79 Å². The van der Waals surface area contributed by atoms with Crippen molar-refractivity contribution in [2.45, 2.75) is 13.8 Å². The third kappa shape index (κ3) is 2.24. The zero-order chi connectivity index (χ0) is 15.7. The number of oxazole rings is 1. The molecule has 0 saturated carbocycles. The molecule has 0 aliphatic carbocycles. The maximum atomic E-state index is 11.9. The number of pyridine rings is 2. The van der Waals surface area contributed by atoms with Crippen LogP contribution in [-0.2, 0) is 0 Å². The predicted octanol–water partition coefficient (Wildman–Crippen LogP) is 2.51. The lowest BCUT2D eigenvalue weighted by atomic mass is 9.98. The highest BCUT2D eigenvalue weighted by Gasteiger charge is 2.22. The second kappa shape index (κ2) is 5.40. The van der Waals surface area contributed by atoms with E-state index in [2.05, 4.69) is 15.0 Å². The van der Waals surface area contributed by atoms with Crippen molar-refractivity contribution in [1.82, 2.24) is 15.0 Å². The van der Waals surface area contributed by atoms with Crippen LogP contribution in [0.15, 0.2) is 41.3 Å². The van der Waals surface area contributed by atoms with E-state index in [-0.39, 0.29) is 0 Å². The molecule has 1 amide bonds. The summed E-state index contributed by atoms with van der Waals surface area (Å²) in [4.78, 5) is 24.9. The van der Waals surface area contributed by atoms with Crippen LogP contribution in [-0.4, -0.2) is 20.9 Å². The van der Waals surface area contributed by atoms with Gasteiger partial charge in [0.15, 0.2) is 0 Å². The fourth-order valence-electron chi connectivity index (χ4n) is 2.47. The number of aromatic nitrogens is 3. The van der Waals surface area contributed by atoms with Gasteiger partial charge in [-0.25, -0.2) is 9.97 Å². The van der Waals surface area contributed by atoms with Gasteiger partial charge in [-0.1, -0.05) is 6.07 Å². The molecule has 6 heteroatoms. The average molecular weight is 294 g/mol. The van der Waals surface area contributed by atoms with Crippen LogP contribution in [0.4, 0.5) is 0 Å². The highest BCUT2D eigenvalue weighted by atomic mass is 16.3. The van der Waals surface area contributed by atoms with Gasteiger partial charge in [-0.05, 0) is 37.1 Å². The lowest BCUT2D eigenvalue weighted by molar-refractivity contribution is 0.0999. The van der Waals surface area contributed by atoms with Gasteiger partial charge in [-0.15, -0.1) is 0 Å². The minimum atomic E-state index is -0.512. The number of carbonyl (C=O) groups is 1. The molecule has 22 heavy (non-hydrogen) atoms. The fraction of sp³-hybridized carbons (Fsp3) is 0.125. The molecule has 0 aliphatic rings. The van der Waals surface area contributed by atoms with Crippen LogP contribution in [0.5, 0.6) is 0 Å². The molecular formula is C16H14N4O2. The summed E-state index contributed by atoms with van der Waals surface area (Å²) in [7, 11) is 0. The van der Waals surface area contributed by atoms with Crippen molar-refractivity contribution in [3.05, 3.63) is 53.5 Å². The summed E-state index contributed by atoms with van der Waals surface area (Å²) in [6, 6.07) is 5.50. The highest BCUT2D eigenvalue weighted by Crippen LogP contribution is 2.30. The molecule has 0 bridgehead atoms. The maximum absolute atomic E-state index is 11.9. The largest absolute Gasteiger partial charge is 0.443 e. The Morgan fingerprint density at radius 3 is 2.45 bits per heavy atom. The van der Waals surface area contributed by atoms with Crippen molar-refractivity contribution in [1.29, 1.82) is 0 Å².